The summed E-state index contributed by atoms with van der Waals surface area (Å²) in [7, 11) is 0. The van der Waals surface area contributed by atoms with Crippen molar-refractivity contribution in [3.63, 3.8) is 0 Å². The Labute approximate surface area is 163 Å². The number of benzene rings is 2. The van der Waals surface area contributed by atoms with Crippen LogP contribution in [-0.4, -0.2) is 24.0 Å². The van der Waals surface area contributed by atoms with Gasteiger partial charge in [-0.25, -0.2) is 0 Å². The number of para-hydroxylation sites is 1. The average Bonchev–Trinajstić information content (AvgIpc) is 3.14. The second-order valence-electron chi connectivity index (χ2n) is 6.56. The van der Waals surface area contributed by atoms with Crippen LogP contribution < -0.4 is 10.2 Å². The molecule has 0 aliphatic carbocycles. The smallest absolute Gasteiger partial charge is 0.269 e. The highest BCUT2D eigenvalue weighted by Gasteiger charge is 2.20. The topological polar surface area (TPSA) is 45.2 Å². The molecule has 3 aromatic rings. The van der Waals surface area contributed by atoms with Gasteiger partial charge in [-0.05, 0) is 54.3 Å². The van der Waals surface area contributed by atoms with Crippen molar-refractivity contribution in [2.75, 3.05) is 18.0 Å². The Morgan fingerprint density at radius 1 is 1.11 bits per heavy atom. The minimum absolute atomic E-state index is 0.154. The molecule has 136 valence electrons. The molecule has 27 heavy (non-hydrogen) atoms. The van der Waals surface area contributed by atoms with Crippen LogP contribution in [0.25, 0.3) is 0 Å². The predicted octanol–water partition coefficient (Wildman–Crippen LogP) is 4.40. The van der Waals surface area contributed by atoms with E-state index in [2.05, 4.69) is 33.4 Å². The molecule has 0 bridgehead atoms. The zero-order chi connectivity index (χ0) is 18.6. The molecule has 1 amide bonds. The number of fused-ring (bicyclic) bond motifs is 1. The molecule has 5 heteroatoms. The van der Waals surface area contributed by atoms with E-state index in [4.69, 9.17) is 11.6 Å². The van der Waals surface area contributed by atoms with Gasteiger partial charge in [0.2, 0.25) is 0 Å². The van der Waals surface area contributed by atoms with Crippen LogP contribution in [0.2, 0.25) is 5.02 Å². The van der Waals surface area contributed by atoms with Crippen molar-refractivity contribution in [1.29, 1.82) is 0 Å². The molecule has 4 nitrogen and oxygen atoms in total. The minimum Gasteiger partial charge on any atom is -0.350 e. The summed E-state index contributed by atoms with van der Waals surface area (Å²) >= 11 is 5.89. The number of anilines is 2. The second kappa shape index (κ2) is 7.80. The molecule has 2 heterocycles. The largest absolute Gasteiger partial charge is 0.350 e. The van der Waals surface area contributed by atoms with E-state index >= 15 is 0 Å². The third-order valence-electron chi connectivity index (χ3n) is 4.79. The summed E-state index contributed by atoms with van der Waals surface area (Å²) in [6.07, 6.45) is 3.47. The number of nitrogens with one attached hydrogen (secondary N) is 1. The number of halogens is 1. The SMILES string of the molecule is O=C(NCCc1ccc(Cl)cc1)c1cc(N2CCc3ccccc32)ccn1. The van der Waals surface area contributed by atoms with Crippen molar-refractivity contribution < 1.29 is 4.79 Å². The number of carbonyl (C=O) groups excluding carboxylic acids is 1. The number of hydrogen-bond donors (Lipinski definition) is 1. The minimum atomic E-state index is -0.154. The molecule has 4 rings (SSSR count). The Hall–Kier alpha value is -2.85. The Balaban J connectivity index is 1.41. The third-order valence-corrected chi connectivity index (χ3v) is 5.04. The summed E-state index contributed by atoms with van der Waals surface area (Å²) in [4.78, 5) is 19.0. The quantitative estimate of drug-likeness (QED) is 0.716. The first-order valence-corrected chi connectivity index (χ1v) is 9.43. The standard InChI is InChI=1S/C22H20ClN3O/c23-18-7-5-16(6-8-18)9-12-25-22(27)20-15-19(10-13-24-20)26-14-11-17-3-1-2-4-21(17)26/h1-8,10,13,15H,9,11-12,14H2,(H,25,27). The highest BCUT2D eigenvalue weighted by molar-refractivity contribution is 6.30. The van der Waals surface area contributed by atoms with E-state index in [1.165, 1.54) is 11.3 Å². The zero-order valence-electron chi connectivity index (χ0n) is 14.9. The molecule has 1 aliphatic heterocycles. The van der Waals surface area contributed by atoms with E-state index in [0.29, 0.717) is 17.3 Å². The van der Waals surface area contributed by atoms with Crippen LogP contribution in [0.5, 0.6) is 0 Å². The lowest BCUT2D eigenvalue weighted by atomic mass is 10.1. The van der Waals surface area contributed by atoms with Gasteiger partial charge >= 0.3 is 0 Å². The van der Waals surface area contributed by atoms with Gasteiger partial charge in [-0.3, -0.25) is 9.78 Å². The van der Waals surface area contributed by atoms with Crippen molar-refractivity contribution in [2.45, 2.75) is 12.8 Å². The lowest BCUT2D eigenvalue weighted by Crippen LogP contribution is -2.27. The normalized spacial score (nSPS) is 12.7. The lowest BCUT2D eigenvalue weighted by Gasteiger charge is -2.19. The van der Waals surface area contributed by atoms with Crippen molar-refractivity contribution >= 4 is 28.9 Å². The van der Waals surface area contributed by atoms with Gasteiger partial charge in [0.15, 0.2) is 0 Å². The summed E-state index contributed by atoms with van der Waals surface area (Å²) in [5.41, 5.74) is 5.11. The fourth-order valence-electron chi connectivity index (χ4n) is 3.38. The molecule has 0 fully saturated rings. The van der Waals surface area contributed by atoms with Crippen LogP contribution >= 0.6 is 11.6 Å². The highest BCUT2D eigenvalue weighted by Crippen LogP contribution is 2.34. The van der Waals surface area contributed by atoms with E-state index in [-0.39, 0.29) is 5.91 Å². The summed E-state index contributed by atoms with van der Waals surface area (Å²) < 4.78 is 0. The summed E-state index contributed by atoms with van der Waals surface area (Å²) in [6, 6.07) is 19.9. The maximum Gasteiger partial charge on any atom is 0.269 e. The average molecular weight is 378 g/mol. The zero-order valence-corrected chi connectivity index (χ0v) is 15.6. The Kier molecular flexibility index (Phi) is 5.07. The number of nitrogens with zero attached hydrogens (tertiary/aromatic N) is 2. The molecular formula is C22H20ClN3O. The van der Waals surface area contributed by atoms with Gasteiger partial charge in [0.1, 0.15) is 5.69 Å². The molecule has 0 radical (unpaired) electrons. The first-order chi connectivity index (χ1) is 13.2. The lowest BCUT2D eigenvalue weighted by molar-refractivity contribution is 0.0949. The van der Waals surface area contributed by atoms with Crippen LogP contribution in [0.1, 0.15) is 21.6 Å². The van der Waals surface area contributed by atoms with Gasteiger partial charge < -0.3 is 10.2 Å². The monoisotopic (exact) mass is 377 g/mol. The van der Waals surface area contributed by atoms with Crippen molar-refractivity contribution in [3.8, 4) is 0 Å². The molecule has 0 spiro atoms. The first kappa shape index (κ1) is 17.6. The summed E-state index contributed by atoms with van der Waals surface area (Å²) in [6.45, 7) is 1.47. The second-order valence-corrected chi connectivity index (χ2v) is 7.00. The van der Waals surface area contributed by atoms with E-state index in [1.54, 1.807) is 6.20 Å². The van der Waals surface area contributed by atoms with Gasteiger partial charge in [0.25, 0.3) is 5.91 Å². The number of carbonyl (C=O) groups is 1. The Morgan fingerprint density at radius 2 is 1.93 bits per heavy atom. The first-order valence-electron chi connectivity index (χ1n) is 9.05. The van der Waals surface area contributed by atoms with Crippen molar-refractivity contribution in [3.05, 3.63) is 88.7 Å². The molecule has 2 aromatic carbocycles. The van der Waals surface area contributed by atoms with E-state index < -0.39 is 0 Å². The number of hydrogen-bond acceptors (Lipinski definition) is 3. The van der Waals surface area contributed by atoms with Gasteiger partial charge in [0, 0.05) is 35.7 Å². The van der Waals surface area contributed by atoms with E-state index in [1.807, 2.05) is 42.5 Å². The predicted molar refractivity (Wildman–Crippen MR) is 109 cm³/mol. The number of rotatable bonds is 5. The summed E-state index contributed by atoms with van der Waals surface area (Å²) in [5, 5.41) is 3.66. The molecule has 0 saturated heterocycles. The van der Waals surface area contributed by atoms with Crippen molar-refractivity contribution in [2.24, 2.45) is 0 Å². The molecular weight excluding hydrogens is 358 g/mol. The highest BCUT2D eigenvalue weighted by atomic mass is 35.5. The Morgan fingerprint density at radius 3 is 2.78 bits per heavy atom. The molecule has 0 unspecified atom stereocenters. The maximum atomic E-state index is 12.5. The fourth-order valence-corrected chi connectivity index (χ4v) is 3.51. The fraction of sp³-hybridized carbons (Fsp3) is 0.182. The molecule has 1 aliphatic rings. The molecule has 0 atom stereocenters. The molecule has 0 saturated carbocycles. The van der Waals surface area contributed by atoms with Gasteiger partial charge in [-0.1, -0.05) is 41.9 Å². The Bertz CT molecular complexity index is 956. The number of aromatic nitrogens is 1. The van der Waals surface area contributed by atoms with Crippen LogP contribution in [0.15, 0.2) is 66.9 Å². The van der Waals surface area contributed by atoms with Crippen molar-refractivity contribution in [1.82, 2.24) is 10.3 Å². The van der Waals surface area contributed by atoms with Crippen LogP contribution in [0.3, 0.4) is 0 Å². The van der Waals surface area contributed by atoms with Crippen LogP contribution in [0, 0.1) is 0 Å². The maximum absolute atomic E-state index is 12.5. The van der Waals surface area contributed by atoms with E-state index in [9.17, 15) is 4.79 Å². The number of amides is 1. The summed E-state index contributed by atoms with van der Waals surface area (Å²) in [5.74, 6) is -0.154. The number of pyridine rings is 1. The molecule has 1 aromatic heterocycles. The van der Waals surface area contributed by atoms with Gasteiger partial charge in [0.05, 0.1) is 0 Å². The van der Waals surface area contributed by atoms with Gasteiger partial charge in [-0.15, -0.1) is 0 Å². The van der Waals surface area contributed by atoms with Gasteiger partial charge in [-0.2, -0.15) is 0 Å². The molecule has 1 N–H and O–H groups in total. The van der Waals surface area contributed by atoms with Crippen LogP contribution in [-0.2, 0) is 12.8 Å². The van der Waals surface area contributed by atoms with Crippen LogP contribution in [0.4, 0.5) is 11.4 Å². The van der Waals surface area contributed by atoms with E-state index in [0.717, 1.165) is 30.6 Å². The third kappa shape index (κ3) is 3.96.